The summed E-state index contributed by atoms with van der Waals surface area (Å²) < 4.78 is 0. The summed E-state index contributed by atoms with van der Waals surface area (Å²) in [6, 6.07) is 13.8. The Balaban J connectivity index is 2.28. The number of aliphatic hydroxyl groups excluding tert-OH is 1. The van der Waals surface area contributed by atoms with E-state index < -0.39 is 6.10 Å². The maximum atomic E-state index is 10.3. The van der Waals surface area contributed by atoms with Crippen molar-refractivity contribution in [3.8, 4) is 0 Å². The molecule has 2 heteroatoms. The Morgan fingerprint density at radius 3 is 2.11 bits per heavy atom. The molecule has 1 unspecified atom stereocenters. The highest BCUT2D eigenvalue weighted by Gasteiger charge is 2.10. The fraction of sp³-hybridized carbons (Fsp3) is 0.250. The lowest BCUT2D eigenvalue weighted by Crippen LogP contribution is -2.02. The van der Waals surface area contributed by atoms with Gasteiger partial charge in [0.25, 0.3) is 0 Å². The van der Waals surface area contributed by atoms with E-state index in [9.17, 15) is 5.11 Å². The fourth-order valence-corrected chi connectivity index (χ4v) is 1.96. The quantitative estimate of drug-likeness (QED) is 0.868. The van der Waals surface area contributed by atoms with E-state index in [1.165, 1.54) is 11.1 Å². The van der Waals surface area contributed by atoms with E-state index in [1.54, 1.807) is 0 Å². The third-order valence-corrected chi connectivity index (χ3v) is 3.38. The predicted octanol–water partition coefficient (Wildman–Crippen LogP) is 2.84. The molecule has 0 saturated carbocycles. The number of hydrogen-bond donors (Lipinski definition) is 2. The van der Waals surface area contributed by atoms with Gasteiger partial charge >= 0.3 is 0 Å². The maximum absolute atomic E-state index is 10.3. The molecule has 0 aliphatic carbocycles. The molecule has 2 aromatic rings. The maximum Gasteiger partial charge on any atom is 0.104 e. The van der Waals surface area contributed by atoms with Crippen molar-refractivity contribution in [1.82, 2.24) is 0 Å². The summed E-state index contributed by atoms with van der Waals surface area (Å²) in [5.41, 5.74) is 10.9. The van der Waals surface area contributed by atoms with Gasteiger partial charge in [-0.05, 0) is 41.7 Å². The van der Waals surface area contributed by atoms with Crippen LogP contribution < -0.4 is 5.73 Å². The van der Waals surface area contributed by atoms with Crippen LogP contribution in [0.5, 0.6) is 0 Å². The summed E-state index contributed by atoms with van der Waals surface area (Å²) in [6.45, 7) is 4.66. The smallest absolute Gasteiger partial charge is 0.104 e. The minimum atomic E-state index is -0.573. The second-order valence-electron chi connectivity index (χ2n) is 4.69. The number of aryl methyl sites for hydroxylation is 2. The molecule has 2 nitrogen and oxygen atoms in total. The first-order valence-electron chi connectivity index (χ1n) is 6.16. The lowest BCUT2D eigenvalue weighted by atomic mass is 9.97. The van der Waals surface area contributed by atoms with Gasteiger partial charge in [0.15, 0.2) is 0 Å². The van der Waals surface area contributed by atoms with Crippen molar-refractivity contribution in [2.24, 2.45) is 5.73 Å². The summed E-state index contributed by atoms with van der Waals surface area (Å²) in [5.74, 6) is 0. The lowest BCUT2D eigenvalue weighted by Gasteiger charge is -2.13. The number of hydrogen-bond acceptors (Lipinski definition) is 2. The van der Waals surface area contributed by atoms with Crippen LogP contribution in [0.15, 0.2) is 42.5 Å². The average Bonchev–Trinajstić information content (AvgIpc) is 2.41. The highest BCUT2D eigenvalue weighted by Crippen LogP contribution is 2.24. The van der Waals surface area contributed by atoms with Gasteiger partial charge in [-0.3, -0.25) is 0 Å². The number of rotatable bonds is 3. The molecule has 0 aliphatic rings. The molecule has 1 atom stereocenters. The van der Waals surface area contributed by atoms with Crippen molar-refractivity contribution < 1.29 is 5.11 Å². The molecule has 0 aliphatic heterocycles. The molecule has 3 N–H and O–H groups in total. The first-order valence-corrected chi connectivity index (χ1v) is 6.16. The van der Waals surface area contributed by atoms with Gasteiger partial charge in [0, 0.05) is 6.54 Å². The van der Waals surface area contributed by atoms with Crippen LogP contribution in [0.25, 0.3) is 0 Å². The summed E-state index contributed by atoms with van der Waals surface area (Å²) in [7, 11) is 0. The summed E-state index contributed by atoms with van der Waals surface area (Å²) in [5, 5.41) is 10.3. The molecule has 2 rings (SSSR count). The monoisotopic (exact) mass is 241 g/mol. The molecular formula is C16H19NO. The molecule has 0 bridgehead atoms. The van der Waals surface area contributed by atoms with Crippen LogP contribution in [-0.4, -0.2) is 5.11 Å². The second kappa shape index (κ2) is 5.34. The van der Waals surface area contributed by atoms with E-state index in [1.807, 2.05) is 42.5 Å². The number of aliphatic hydroxyl groups is 1. The number of benzene rings is 2. The van der Waals surface area contributed by atoms with Crippen LogP contribution in [-0.2, 0) is 6.54 Å². The first kappa shape index (κ1) is 12.8. The molecule has 0 fully saturated rings. The lowest BCUT2D eigenvalue weighted by molar-refractivity contribution is 0.220. The van der Waals surface area contributed by atoms with Crippen molar-refractivity contribution in [2.75, 3.05) is 0 Å². The zero-order valence-corrected chi connectivity index (χ0v) is 10.9. The van der Waals surface area contributed by atoms with Gasteiger partial charge < -0.3 is 10.8 Å². The molecule has 0 radical (unpaired) electrons. The molecule has 94 valence electrons. The molecule has 0 amide bonds. The van der Waals surface area contributed by atoms with Crippen molar-refractivity contribution >= 4 is 0 Å². The first-order chi connectivity index (χ1) is 8.61. The van der Waals surface area contributed by atoms with E-state index in [4.69, 9.17) is 5.73 Å². The van der Waals surface area contributed by atoms with Gasteiger partial charge in [-0.1, -0.05) is 42.5 Å². The highest BCUT2D eigenvalue weighted by molar-refractivity contribution is 5.36. The van der Waals surface area contributed by atoms with E-state index in [2.05, 4.69) is 13.8 Å². The van der Waals surface area contributed by atoms with Gasteiger partial charge in [0.05, 0.1) is 0 Å². The third kappa shape index (κ3) is 2.61. The number of nitrogens with two attached hydrogens (primary N) is 1. The Labute approximate surface area is 108 Å². The molecule has 0 heterocycles. The molecular weight excluding hydrogens is 222 g/mol. The second-order valence-corrected chi connectivity index (χ2v) is 4.69. The molecule has 18 heavy (non-hydrogen) atoms. The largest absolute Gasteiger partial charge is 0.384 e. The van der Waals surface area contributed by atoms with Gasteiger partial charge in [0.2, 0.25) is 0 Å². The van der Waals surface area contributed by atoms with Crippen LogP contribution in [0, 0.1) is 13.8 Å². The van der Waals surface area contributed by atoms with E-state index >= 15 is 0 Å². The van der Waals surface area contributed by atoms with Crippen LogP contribution >= 0.6 is 0 Å². The average molecular weight is 241 g/mol. The summed E-state index contributed by atoms with van der Waals surface area (Å²) in [6.07, 6.45) is -0.573. The molecule has 0 spiro atoms. The summed E-state index contributed by atoms with van der Waals surface area (Å²) >= 11 is 0. The predicted molar refractivity (Wildman–Crippen MR) is 74.3 cm³/mol. The Morgan fingerprint density at radius 2 is 1.56 bits per heavy atom. The van der Waals surface area contributed by atoms with Crippen LogP contribution in [0.1, 0.15) is 33.9 Å². The van der Waals surface area contributed by atoms with Gasteiger partial charge in [-0.25, -0.2) is 0 Å². The Kier molecular flexibility index (Phi) is 3.80. The Bertz CT molecular complexity index is 531. The van der Waals surface area contributed by atoms with Crippen molar-refractivity contribution in [3.05, 3.63) is 70.3 Å². The molecule has 2 aromatic carbocycles. The van der Waals surface area contributed by atoms with Gasteiger partial charge in [0.1, 0.15) is 6.10 Å². The van der Waals surface area contributed by atoms with Crippen molar-refractivity contribution in [3.63, 3.8) is 0 Å². The van der Waals surface area contributed by atoms with E-state index in [0.717, 1.165) is 16.7 Å². The summed E-state index contributed by atoms with van der Waals surface area (Å²) in [4.78, 5) is 0. The van der Waals surface area contributed by atoms with E-state index in [-0.39, 0.29) is 0 Å². The van der Waals surface area contributed by atoms with Crippen LogP contribution in [0.4, 0.5) is 0 Å². The highest BCUT2D eigenvalue weighted by atomic mass is 16.3. The Hall–Kier alpha value is -1.64. The standard InChI is InChI=1S/C16H19NO/c1-11-3-6-15(9-12(11)2)16(18)14-7-4-13(10-17)5-8-14/h3-9,16,18H,10,17H2,1-2H3. The third-order valence-electron chi connectivity index (χ3n) is 3.38. The topological polar surface area (TPSA) is 46.2 Å². The van der Waals surface area contributed by atoms with Crippen LogP contribution in [0.3, 0.4) is 0 Å². The minimum absolute atomic E-state index is 0.528. The minimum Gasteiger partial charge on any atom is -0.384 e. The van der Waals surface area contributed by atoms with Gasteiger partial charge in [-0.2, -0.15) is 0 Å². The molecule has 0 aromatic heterocycles. The zero-order chi connectivity index (χ0) is 13.1. The van der Waals surface area contributed by atoms with E-state index in [0.29, 0.717) is 6.54 Å². The van der Waals surface area contributed by atoms with Gasteiger partial charge in [-0.15, -0.1) is 0 Å². The SMILES string of the molecule is Cc1ccc(C(O)c2ccc(CN)cc2)cc1C. The zero-order valence-electron chi connectivity index (χ0n) is 10.9. The molecule has 0 saturated heterocycles. The van der Waals surface area contributed by atoms with Crippen LogP contribution in [0.2, 0.25) is 0 Å². The van der Waals surface area contributed by atoms with Crippen molar-refractivity contribution in [2.45, 2.75) is 26.5 Å². The van der Waals surface area contributed by atoms with Crippen molar-refractivity contribution in [1.29, 1.82) is 0 Å². The normalized spacial score (nSPS) is 12.4. The fourth-order valence-electron chi connectivity index (χ4n) is 1.96. The Morgan fingerprint density at radius 1 is 0.944 bits per heavy atom.